The first kappa shape index (κ1) is 16.6. The Hall–Kier alpha value is -1.79. The molecule has 2 aliphatic rings. The fourth-order valence-corrected chi connectivity index (χ4v) is 3.43. The van der Waals surface area contributed by atoms with E-state index in [1.807, 2.05) is 0 Å². The maximum Gasteiger partial charge on any atom is 0.411 e. The first-order valence-electron chi connectivity index (χ1n) is 7.56. The Morgan fingerprint density at radius 1 is 1.23 bits per heavy atom. The fourth-order valence-electron chi connectivity index (χ4n) is 3.43. The average molecular weight is 313 g/mol. The summed E-state index contributed by atoms with van der Waals surface area (Å²) >= 11 is 0. The summed E-state index contributed by atoms with van der Waals surface area (Å²) in [4.78, 5) is 37.3. The van der Waals surface area contributed by atoms with Gasteiger partial charge >= 0.3 is 18.0 Å². The maximum atomic E-state index is 12.4. The van der Waals surface area contributed by atoms with Crippen molar-refractivity contribution in [2.24, 2.45) is 11.8 Å². The molecule has 1 aliphatic carbocycles. The van der Waals surface area contributed by atoms with Crippen LogP contribution in [0.5, 0.6) is 0 Å². The molecule has 1 amide bonds. The van der Waals surface area contributed by atoms with Crippen molar-refractivity contribution in [1.82, 2.24) is 4.90 Å². The molecule has 2 fully saturated rings. The lowest BCUT2D eigenvalue weighted by Crippen LogP contribution is -2.54. The lowest BCUT2D eigenvalue weighted by atomic mass is 9.88. The first-order chi connectivity index (χ1) is 10.2. The summed E-state index contributed by atoms with van der Waals surface area (Å²) in [6.45, 7) is 7.11. The predicted molar refractivity (Wildman–Crippen MR) is 76.1 cm³/mol. The zero-order valence-corrected chi connectivity index (χ0v) is 13.4. The van der Waals surface area contributed by atoms with Crippen LogP contribution in [-0.2, 0) is 19.1 Å². The van der Waals surface area contributed by atoms with Crippen LogP contribution in [0.1, 0.15) is 40.5 Å². The van der Waals surface area contributed by atoms with E-state index in [9.17, 15) is 19.5 Å². The highest BCUT2D eigenvalue weighted by atomic mass is 16.6. The number of aliphatic carboxylic acids is 1. The lowest BCUT2D eigenvalue weighted by Gasteiger charge is -2.36. The van der Waals surface area contributed by atoms with Crippen molar-refractivity contribution in [3.05, 3.63) is 0 Å². The smallest absolute Gasteiger partial charge is 0.411 e. The Kier molecular flexibility index (Phi) is 4.35. The Labute approximate surface area is 129 Å². The molecule has 1 saturated heterocycles. The summed E-state index contributed by atoms with van der Waals surface area (Å²) in [6, 6.07) is -1.15. The van der Waals surface area contributed by atoms with Crippen molar-refractivity contribution in [1.29, 1.82) is 0 Å². The van der Waals surface area contributed by atoms with E-state index in [0.29, 0.717) is 12.8 Å². The van der Waals surface area contributed by atoms with Gasteiger partial charge in [0, 0.05) is 12.0 Å². The van der Waals surface area contributed by atoms with Gasteiger partial charge in [-0.1, -0.05) is 0 Å². The molecule has 0 unspecified atom stereocenters. The summed E-state index contributed by atoms with van der Waals surface area (Å²) in [5.74, 6) is -2.50. The number of rotatable bonds is 3. The zero-order chi connectivity index (χ0) is 16.7. The Balaban J connectivity index is 2.24. The molecule has 7 nitrogen and oxygen atoms in total. The van der Waals surface area contributed by atoms with Crippen LogP contribution in [0.4, 0.5) is 4.79 Å². The minimum Gasteiger partial charge on any atom is -0.481 e. The number of likely N-dealkylation sites (tertiary alicyclic amines) is 1. The van der Waals surface area contributed by atoms with E-state index in [-0.39, 0.29) is 12.6 Å². The van der Waals surface area contributed by atoms with Crippen LogP contribution in [0.3, 0.4) is 0 Å². The second-order valence-electron chi connectivity index (χ2n) is 6.82. The average Bonchev–Trinajstić information content (AvgIpc) is 2.93. The van der Waals surface area contributed by atoms with E-state index in [1.54, 1.807) is 27.7 Å². The van der Waals surface area contributed by atoms with Crippen LogP contribution in [-0.4, -0.2) is 52.3 Å². The van der Waals surface area contributed by atoms with Crippen LogP contribution in [0.15, 0.2) is 0 Å². The number of carbonyl (C=O) groups excluding carboxylic acids is 2. The summed E-state index contributed by atoms with van der Waals surface area (Å²) in [7, 11) is 0. The molecule has 4 atom stereocenters. The standard InChI is InChI=1S/C15H23NO6/c1-5-21-13(19)11-9-6-8(7-10(9)12(17)18)16(11)14(20)22-15(2,3)4/h8-11H,5-7H2,1-4H3,(H,17,18)/t8-,9+,10-,11-/m0/s1. The fraction of sp³-hybridized carbons (Fsp3) is 0.800. The summed E-state index contributed by atoms with van der Waals surface area (Å²) in [6.07, 6.45) is 0.274. The van der Waals surface area contributed by atoms with Gasteiger partial charge in [-0.15, -0.1) is 0 Å². The Morgan fingerprint density at radius 2 is 1.86 bits per heavy atom. The normalized spacial score (nSPS) is 30.3. The maximum absolute atomic E-state index is 12.4. The number of carboxylic acid groups (broad SMARTS) is 1. The predicted octanol–water partition coefficient (Wildman–Crippen LogP) is 1.65. The molecule has 0 aromatic carbocycles. The highest BCUT2D eigenvalue weighted by Crippen LogP contribution is 2.47. The monoisotopic (exact) mass is 313 g/mol. The van der Waals surface area contributed by atoms with Crippen molar-refractivity contribution in [3.8, 4) is 0 Å². The largest absolute Gasteiger partial charge is 0.481 e. The highest BCUT2D eigenvalue weighted by molar-refractivity contribution is 5.85. The van der Waals surface area contributed by atoms with Crippen molar-refractivity contribution in [2.45, 2.75) is 58.2 Å². The Bertz CT molecular complexity index is 483. The molecule has 0 aromatic heterocycles. The molecule has 7 heteroatoms. The number of ether oxygens (including phenoxy) is 2. The van der Waals surface area contributed by atoms with Gasteiger partial charge in [0.2, 0.25) is 0 Å². The molecule has 0 spiro atoms. The van der Waals surface area contributed by atoms with E-state index >= 15 is 0 Å². The topological polar surface area (TPSA) is 93.1 Å². The van der Waals surface area contributed by atoms with Crippen LogP contribution >= 0.6 is 0 Å². The van der Waals surface area contributed by atoms with E-state index in [1.165, 1.54) is 4.90 Å². The number of hydrogen-bond donors (Lipinski definition) is 1. The van der Waals surface area contributed by atoms with E-state index in [4.69, 9.17) is 9.47 Å². The third kappa shape index (κ3) is 3.03. The molecule has 2 bridgehead atoms. The second kappa shape index (κ2) is 5.78. The number of hydrogen-bond acceptors (Lipinski definition) is 5. The van der Waals surface area contributed by atoms with Gasteiger partial charge in [0.15, 0.2) is 0 Å². The lowest BCUT2D eigenvalue weighted by molar-refractivity contribution is -0.155. The van der Waals surface area contributed by atoms with Crippen molar-refractivity contribution in [3.63, 3.8) is 0 Å². The Morgan fingerprint density at radius 3 is 2.36 bits per heavy atom. The molecule has 1 heterocycles. The summed E-state index contributed by atoms with van der Waals surface area (Å²) in [5, 5.41) is 9.29. The molecule has 1 saturated carbocycles. The zero-order valence-electron chi connectivity index (χ0n) is 13.4. The van der Waals surface area contributed by atoms with Gasteiger partial charge in [-0.2, -0.15) is 0 Å². The molecule has 0 aromatic rings. The van der Waals surface area contributed by atoms with Gasteiger partial charge in [0.25, 0.3) is 0 Å². The minimum absolute atomic E-state index is 0.187. The third-order valence-corrected chi connectivity index (χ3v) is 4.14. The van der Waals surface area contributed by atoms with E-state index in [0.717, 1.165) is 0 Å². The third-order valence-electron chi connectivity index (χ3n) is 4.14. The molecule has 1 aliphatic heterocycles. The number of fused-ring (bicyclic) bond motifs is 2. The quantitative estimate of drug-likeness (QED) is 0.796. The van der Waals surface area contributed by atoms with Crippen molar-refractivity contribution >= 4 is 18.0 Å². The number of carboxylic acids is 1. The van der Waals surface area contributed by atoms with Gasteiger partial charge in [-0.05, 0) is 40.5 Å². The van der Waals surface area contributed by atoms with Gasteiger partial charge < -0.3 is 14.6 Å². The number of nitrogens with zero attached hydrogens (tertiary/aromatic N) is 1. The molecular formula is C15H23NO6. The van der Waals surface area contributed by atoms with Crippen LogP contribution in [0.25, 0.3) is 0 Å². The minimum atomic E-state index is -0.925. The van der Waals surface area contributed by atoms with E-state index in [2.05, 4.69) is 0 Å². The first-order valence-corrected chi connectivity index (χ1v) is 7.56. The molecule has 0 radical (unpaired) electrons. The van der Waals surface area contributed by atoms with Crippen molar-refractivity contribution in [2.75, 3.05) is 6.61 Å². The number of amides is 1. The number of carbonyl (C=O) groups is 3. The van der Waals surface area contributed by atoms with Crippen LogP contribution in [0, 0.1) is 11.8 Å². The summed E-state index contributed by atoms with van der Waals surface area (Å²) < 4.78 is 10.4. The molecule has 22 heavy (non-hydrogen) atoms. The number of piperidine rings is 1. The SMILES string of the molecule is CCOC(=O)[C@@H]1[C@@H]2C[C@@H](C[C@@H]2C(=O)O)N1C(=O)OC(C)(C)C. The van der Waals surface area contributed by atoms with Gasteiger partial charge in [-0.3, -0.25) is 9.69 Å². The molecular weight excluding hydrogens is 290 g/mol. The van der Waals surface area contributed by atoms with Gasteiger partial charge in [0.1, 0.15) is 11.6 Å². The van der Waals surface area contributed by atoms with Gasteiger partial charge in [-0.25, -0.2) is 9.59 Å². The molecule has 2 rings (SSSR count). The van der Waals surface area contributed by atoms with Crippen molar-refractivity contribution < 1.29 is 29.0 Å². The summed E-state index contributed by atoms with van der Waals surface area (Å²) in [5.41, 5.74) is -0.676. The highest BCUT2D eigenvalue weighted by Gasteiger charge is 2.59. The van der Waals surface area contributed by atoms with E-state index < -0.39 is 41.5 Å². The van der Waals surface area contributed by atoms with Crippen LogP contribution < -0.4 is 0 Å². The number of esters is 1. The molecule has 1 N–H and O–H groups in total. The van der Waals surface area contributed by atoms with Crippen LogP contribution in [0.2, 0.25) is 0 Å². The molecule has 124 valence electrons. The van der Waals surface area contributed by atoms with Gasteiger partial charge in [0.05, 0.1) is 12.5 Å². The second-order valence-corrected chi connectivity index (χ2v) is 6.82.